The van der Waals surface area contributed by atoms with Crippen LogP contribution in [0.2, 0.25) is 0 Å². The molecule has 0 aliphatic carbocycles. The van der Waals surface area contributed by atoms with Gasteiger partial charge in [-0.3, -0.25) is 0 Å². The van der Waals surface area contributed by atoms with E-state index >= 15 is 0 Å². The zero-order chi connectivity index (χ0) is 17.0. The summed E-state index contributed by atoms with van der Waals surface area (Å²) in [6.45, 7) is 3.77. The van der Waals surface area contributed by atoms with E-state index in [0.29, 0.717) is 5.75 Å². The zero-order valence-corrected chi connectivity index (χ0v) is 12.7. The molecule has 2 aromatic carbocycles. The smallest absolute Gasteiger partial charge is 0.335 e. The lowest BCUT2D eigenvalue weighted by Crippen LogP contribution is -2.10. The minimum atomic E-state index is -1.16. The van der Waals surface area contributed by atoms with E-state index in [2.05, 4.69) is 0 Å². The second-order valence-corrected chi connectivity index (χ2v) is 5.04. The fraction of sp³-hybridized carbons (Fsp3) is 0.235. The maximum atomic E-state index is 13.2. The van der Waals surface area contributed by atoms with Gasteiger partial charge < -0.3 is 14.6 Å². The van der Waals surface area contributed by atoms with Crippen molar-refractivity contribution >= 4 is 5.97 Å². The van der Waals surface area contributed by atoms with E-state index in [1.54, 1.807) is 0 Å². The van der Waals surface area contributed by atoms with Crippen molar-refractivity contribution in [2.24, 2.45) is 0 Å². The van der Waals surface area contributed by atoms with Crippen LogP contribution < -0.4 is 9.47 Å². The summed E-state index contributed by atoms with van der Waals surface area (Å²) in [5.74, 6) is -2.37. The van der Waals surface area contributed by atoms with Crippen molar-refractivity contribution in [3.05, 3.63) is 53.6 Å². The number of benzene rings is 2. The molecule has 0 amide bonds. The van der Waals surface area contributed by atoms with Gasteiger partial charge in [-0.05, 0) is 25.5 Å². The Morgan fingerprint density at radius 2 is 1.61 bits per heavy atom. The average Bonchev–Trinajstić information content (AvgIpc) is 2.45. The molecule has 6 heteroatoms. The van der Waals surface area contributed by atoms with E-state index in [-0.39, 0.29) is 23.2 Å². The summed E-state index contributed by atoms with van der Waals surface area (Å²) in [6.07, 6.45) is 0.626. The second kappa shape index (κ2) is 7.09. The van der Waals surface area contributed by atoms with Crippen LogP contribution in [-0.2, 0) is 0 Å². The standard InChI is InChI=1S/C17H16F2O4/c1-3-10(2)22-14-4-11(17(20)21)5-15(9-14)23-16-7-12(18)6-13(19)8-16/h4-10H,3H2,1-2H3,(H,20,21)/t10-/m0/s1. The molecule has 2 rings (SSSR count). The van der Waals surface area contributed by atoms with Crippen molar-refractivity contribution in [2.45, 2.75) is 26.4 Å². The van der Waals surface area contributed by atoms with Gasteiger partial charge in [-0.15, -0.1) is 0 Å². The summed E-state index contributed by atoms with van der Waals surface area (Å²) < 4.78 is 37.3. The summed E-state index contributed by atoms with van der Waals surface area (Å²) >= 11 is 0. The molecule has 2 aromatic rings. The van der Waals surface area contributed by atoms with Crippen LogP contribution in [0.3, 0.4) is 0 Å². The van der Waals surface area contributed by atoms with Crippen LogP contribution in [-0.4, -0.2) is 17.2 Å². The number of ether oxygens (including phenoxy) is 2. The number of carboxylic acids is 1. The Hall–Kier alpha value is -2.63. The summed E-state index contributed by atoms with van der Waals surface area (Å²) in [7, 11) is 0. The molecule has 0 saturated heterocycles. The first kappa shape index (κ1) is 16.7. The lowest BCUT2D eigenvalue weighted by Gasteiger charge is -2.15. The second-order valence-electron chi connectivity index (χ2n) is 5.04. The third kappa shape index (κ3) is 4.67. The molecular weight excluding hydrogens is 306 g/mol. The number of halogens is 2. The monoisotopic (exact) mass is 322 g/mol. The molecule has 0 aromatic heterocycles. The Labute approximate surface area is 132 Å². The van der Waals surface area contributed by atoms with Gasteiger partial charge in [0, 0.05) is 24.3 Å². The van der Waals surface area contributed by atoms with Crippen LogP contribution in [0.15, 0.2) is 36.4 Å². The van der Waals surface area contributed by atoms with Gasteiger partial charge in [0.2, 0.25) is 0 Å². The molecule has 1 N–H and O–H groups in total. The Morgan fingerprint density at radius 1 is 1.04 bits per heavy atom. The lowest BCUT2D eigenvalue weighted by atomic mass is 10.2. The van der Waals surface area contributed by atoms with E-state index < -0.39 is 17.6 Å². The minimum Gasteiger partial charge on any atom is -0.491 e. The Kier molecular flexibility index (Phi) is 5.16. The SMILES string of the molecule is CC[C@H](C)Oc1cc(Oc2cc(F)cc(F)c2)cc(C(=O)O)c1. The van der Waals surface area contributed by atoms with Gasteiger partial charge in [0.1, 0.15) is 28.9 Å². The van der Waals surface area contributed by atoms with E-state index in [4.69, 9.17) is 14.6 Å². The summed E-state index contributed by atoms with van der Waals surface area (Å²) in [6, 6.07) is 6.83. The van der Waals surface area contributed by atoms with Gasteiger partial charge in [-0.1, -0.05) is 6.92 Å². The summed E-state index contributed by atoms with van der Waals surface area (Å²) in [5, 5.41) is 9.15. The molecule has 1 atom stereocenters. The molecule has 0 saturated carbocycles. The topological polar surface area (TPSA) is 55.8 Å². The number of carboxylic acid groups (broad SMARTS) is 1. The molecule has 0 heterocycles. The van der Waals surface area contributed by atoms with Crippen molar-refractivity contribution in [1.29, 1.82) is 0 Å². The van der Waals surface area contributed by atoms with Crippen molar-refractivity contribution in [1.82, 2.24) is 0 Å². The summed E-state index contributed by atoms with van der Waals surface area (Å²) in [4.78, 5) is 11.2. The molecule has 0 spiro atoms. The first-order valence-corrected chi connectivity index (χ1v) is 7.06. The van der Waals surface area contributed by atoms with E-state index in [9.17, 15) is 13.6 Å². The van der Waals surface area contributed by atoms with Crippen LogP contribution in [0.1, 0.15) is 30.6 Å². The number of hydrogen-bond acceptors (Lipinski definition) is 3. The highest BCUT2D eigenvalue weighted by Crippen LogP contribution is 2.29. The molecule has 0 unspecified atom stereocenters. The van der Waals surface area contributed by atoms with E-state index in [1.165, 1.54) is 18.2 Å². The van der Waals surface area contributed by atoms with Gasteiger partial charge in [-0.2, -0.15) is 0 Å². The Balaban J connectivity index is 2.34. The van der Waals surface area contributed by atoms with Crippen molar-refractivity contribution in [3.63, 3.8) is 0 Å². The highest BCUT2D eigenvalue weighted by atomic mass is 19.1. The molecule has 4 nitrogen and oxygen atoms in total. The van der Waals surface area contributed by atoms with Crippen LogP contribution >= 0.6 is 0 Å². The zero-order valence-electron chi connectivity index (χ0n) is 12.7. The van der Waals surface area contributed by atoms with Crippen LogP contribution in [0.25, 0.3) is 0 Å². The number of carbonyl (C=O) groups is 1. The van der Waals surface area contributed by atoms with Crippen molar-refractivity contribution < 1.29 is 28.2 Å². The van der Waals surface area contributed by atoms with Crippen molar-refractivity contribution in [3.8, 4) is 17.2 Å². The fourth-order valence-electron chi connectivity index (χ4n) is 1.86. The predicted molar refractivity (Wildman–Crippen MR) is 80.2 cm³/mol. The van der Waals surface area contributed by atoms with Gasteiger partial charge >= 0.3 is 5.97 Å². The highest BCUT2D eigenvalue weighted by molar-refractivity contribution is 5.88. The Morgan fingerprint density at radius 3 is 2.17 bits per heavy atom. The average molecular weight is 322 g/mol. The normalized spacial score (nSPS) is 11.8. The lowest BCUT2D eigenvalue weighted by molar-refractivity contribution is 0.0695. The summed E-state index contributed by atoms with van der Waals surface area (Å²) in [5.41, 5.74) is -0.0438. The van der Waals surface area contributed by atoms with E-state index in [0.717, 1.165) is 24.6 Å². The molecule has 0 fully saturated rings. The Bertz CT molecular complexity index is 695. The largest absolute Gasteiger partial charge is 0.491 e. The van der Waals surface area contributed by atoms with Gasteiger partial charge in [0.25, 0.3) is 0 Å². The van der Waals surface area contributed by atoms with Crippen LogP contribution in [0, 0.1) is 11.6 Å². The van der Waals surface area contributed by atoms with Gasteiger partial charge in [0.15, 0.2) is 0 Å². The maximum absolute atomic E-state index is 13.2. The van der Waals surface area contributed by atoms with Crippen LogP contribution in [0.5, 0.6) is 17.2 Å². The predicted octanol–water partition coefficient (Wildman–Crippen LogP) is 4.63. The molecule has 0 aliphatic heterocycles. The van der Waals surface area contributed by atoms with Crippen molar-refractivity contribution in [2.75, 3.05) is 0 Å². The maximum Gasteiger partial charge on any atom is 0.335 e. The quantitative estimate of drug-likeness (QED) is 0.842. The minimum absolute atomic E-state index is 0.0438. The number of rotatable bonds is 6. The molecule has 23 heavy (non-hydrogen) atoms. The van der Waals surface area contributed by atoms with Gasteiger partial charge in [-0.25, -0.2) is 13.6 Å². The highest BCUT2D eigenvalue weighted by Gasteiger charge is 2.12. The third-order valence-electron chi connectivity index (χ3n) is 3.11. The molecule has 0 bridgehead atoms. The van der Waals surface area contributed by atoms with Gasteiger partial charge in [0.05, 0.1) is 11.7 Å². The molecule has 0 radical (unpaired) electrons. The number of aromatic carboxylic acids is 1. The fourth-order valence-corrected chi connectivity index (χ4v) is 1.86. The number of hydrogen-bond donors (Lipinski definition) is 1. The molecular formula is C17H16F2O4. The first-order chi connectivity index (χ1) is 10.9. The van der Waals surface area contributed by atoms with E-state index in [1.807, 2.05) is 13.8 Å². The van der Waals surface area contributed by atoms with Crippen LogP contribution in [0.4, 0.5) is 8.78 Å². The molecule has 0 aliphatic rings. The first-order valence-electron chi connectivity index (χ1n) is 7.06. The molecule has 122 valence electrons. The third-order valence-corrected chi connectivity index (χ3v) is 3.11.